The monoisotopic (exact) mass is 322 g/mol. The summed E-state index contributed by atoms with van der Waals surface area (Å²) in [5, 5.41) is 11.8. The molecule has 1 amide bonds. The number of amides is 1. The lowest BCUT2D eigenvalue weighted by molar-refractivity contribution is -0.145. The van der Waals surface area contributed by atoms with E-state index in [1.54, 1.807) is 24.3 Å². The van der Waals surface area contributed by atoms with Crippen LogP contribution in [0.5, 0.6) is 0 Å². The molecule has 7 heteroatoms. The van der Waals surface area contributed by atoms with E-state index in [4.69, 9.17) is 0 Å². The van der Waals surface area contributed by atoms with E-state index >= 15 is 0 Å². The van der Waals surface area contributed by atoms with Gasteiger partial charge >= 0.3 is 12.4 Å². The summed E-state index contributed by atoms with van der Waals surface area (Å²) >= 11 is 0. The predicted octanol–water partition coefficient (Wildman–Crippen LogP) is 1.03. The summed E-state index contributed by atoms with van der Waals surface area (Å²) in [6.45, 7) is 2.15. The van der Waals surface area contributed by atoms with Gasteiger partial charge < -0.3 is 15.3 Å². The third kappa shape index (κ3) is 6.92. The Hall–Kier alpha value is -2.41. The van der Waals surface area contributed by atoms with E-state index in [2.05, 4.69) is 15.6 Å². The van der Waals surface area contributed by atoms with Gasteiger partial charge in [-0.3, -0.25) is 9.59 Å². The zero-order chi connectivity index (χ0) is 17.1. The lowest BCUT2D eigenvalue weighted by Gasteiger charge is -2.20. The Morgan fingerprint density at radius 2 is 1.96 bits per heavy atom. The van der Waals surface area contributed by atoms with Gasteiger partial charge in [-0.2, -0.15) is 0 Å². The molecule has 2 unspecified atom stereocenters. The fraction of sp³-hybridized carbons (Fsp3) is 0.438. The van der Waals surface area contributed by atoms with E-state index in [0.717, 1.165) is 18.4 Å². The minimum Gasteiger partial charge on any atom is -0.480 e. The molecule has 3 N–H and O–H groups in total. The minimum absolute atomic E-state index is 0.178. The van der Waals surface area contributed by atoms with Gasteiger partial charge in [0.05, 0.1) is 0 Å². The van der Waals surface area contributed by atoms with Crippen LogP contribution in [0.3, 0.4) is 0 Å². The van der Waals surface area contributed by atoms with Gasteiger partial charge in [-0.15, -0.1) is 5.48 Å². The Labute approximate surface area is 135 Å². The van der Waals surface area contributed by atoms with Gasteiger partial charge in [0, 0.05) is 6.42 Å². The Morgan fingerprint density at radius 3 is 2.52 bits per heavy atom. The number of carbonyl (C=O) groups is 3. The number of carboxylic acid groups (broad SMARTS) is 1. The molecule has 7 nitrogen and oxygen atoms in total. The first-order valence-corrected chi connectivity index (χ1v) is 7.50. The number of nitrogens with one attached hydrogen (secondary N) is 2. The molecule has 0 fully saturated rings. The van der Waals surface area contributed by atoms with Crippen LogP contribution in [-0.2, 0) is 25.6 Å². The second kappa shape index (κ2) is 10.3. The molecule has 0 aliphatic carbocycles. The number of hydrogen-bond donors (Lipinski definition) is 3. The molecule has 0 aliphatic heterocycles. The average molecular weight is 322 g/mol. The molecule has 0 radical (unpaired) electrons. The quantitative estimate of drug-likeness (QED) is 0.415. The molecule has 1 aromatic carbocycles. The molecule has 0 bridgehead atoms. The summed E-state index contributed by atoms with van der Waals surface area (Å²) in [7, 11) is 0. The molecule has 0 aliphatic rings. The summed E-state index contributed by atoms with van der Waals surface area (Å²) in [6, 6.07) is 7.21. The van der Waals surface area contributed by atoms with Crippen LogP contribution in [0.2, 0.25) is 0 Å². The van der Waals surface area contributed by atoms with Crippen molar-refractivity contribution in [3.63, 3.8) is 0 Å². The van der Waals surface area contributed by atoms with Crippen molar-refractivity contribution < 1.29 is 24.3 Å². The molecule has 0 aromatic heterocycles. The average Bonchev–Trinajstić information content (AvgIpc) is 2.55. The van der Waals surface area contributed by atoms with Crippen LogP contribution in [-0.4, -0.2) is 35.5 Å². The zero-order valence-corrected chi connectivity index (χ0v) is 13.0. The van der Waals surface area contributed by atoms with Crippen LogP contribution < -0.4 is 10.8 Å². The van der Waals surface area contributed by atoms with E-state index in [-0.39, 0.29) is 12.9 Å². The summed E-state index contributed by atoms with van der Waals surface area (Å²) in [4.78, 5) is 38.3. The number of carbonyl (C=O) groups excluding carboxylic acids is 2. The van der Waals surface area contributed by atoms with Crippen molar-refractivity contribution in [3.8, 4) is 0 Å². The Morgan fingerprint density at radius 1 is 1.26 bits per heavy atom. The van der Waals surface area contributed by atoms with Gasteiger partial charge in [-0.25, -0.2) is 4.79 Å². The summed E-state index contributed by atoms with van der Waals surface area (Å²) in [5.41, 5.74) is 3.15. The van der Waals surface area contributed by atoms with Crippen molar-refractivity contribution in [3.05, 3.63) is 35.9 Å². The van der Waals surface area contributed by atoms with Crippen molar-refractivity contribution in [1.29, 1.82) is 0 Å². The molecular weight excluding hydrogens is 300 g/mol. The first-order chi connectivity index (χ1) is 11.1. The minimum atomic E-state index is -1.12. The third-order valence-corrected chi connectivity index (χ3v) is 3.32. The second-order valence-electron chi connectivity index (χ2n) is 5.12. The van der Waals surface area contributed by atoms with Gasteiger partial charge in [0.25, 0.3) is 0 Å². The molecule has 0 heterocycles. The number of hydrogen-bond acceptors (Lipinski definition) is 5. The number of benzene rings is 1. The molecule has 1 rings (SSSR count). The Balaban J connectivity index is 2.69. The summed E-state index contributed by atoms with van der Waals surface area (Å²) < 4.78 is 0. The van der Waals surface area contributed by atoms with Crippen LogP contribution in [0.15, 0.2) is 30.3 Å². The van der Waals surface area contributed by atoms with E-state index in [0.29, 0.717) is 6.42 Å². The highest BCUT2D eigenvalue weighted by atomic mass is 16.7. The fourth-order valence-electron chi connectivity index (χ4n) is 2.08. The second-order valence-corrected chi connectivity index (χ2v) is 5.12. The smallest absolute Gasteiger partial charge is 0.326 e. The van der Waals surface area contributed by atoms with Crippen LogP contribution in [0, 0.1) is 0 Å². The predicted molar refractivity (Wildman–Crippen MR) is 83.3 cm³/mol. The summed E-state index contributed by atoms with van der Waals surface area (Å²) in [5.74, 6) is -1.63. The van der Waals surface area contributed by atoms with Crippen LogP contribution in [0.25, 0.3) is 0 Å². The highest BCUT2D eigenvalue weighted by Crippen LogP contribution is 2.06. The Kier molecular flexibility index (Phi) is 8.38. The molecule has 2 atom stereocenters. The van der Waals surface area contributed by atoms with Crippen molar-refractivity contribution in [1.82, 2.24) is 10.8 Å². The molecule has 0 saturated heterocycles. The molecule has 126 valence electrons. The molecule has 0 spiro atoms. The number of unbranched alkanes of at least 4 members (excludes halogenated alkanes) is 1. The standard InChI is InChI=1S/C16H22N2O5/c1-2-3-9-13(18-23-11-19)15(20)17-14(16(21)22)10-12-7-5-4-6-8-12/h4-8,11,13-14,18H,2-3,9-10H2,1H3,(H,17,20)(H,21,22). The first-order valence-electron chi connectivity index (χ1n) is 7.50. The number of carboxylic acids is 1. The fourth-order valence-corrected chi connectivity index (χ4v) is 2.08. The highest BCUT2D eigenvalue weighted by Gasteiger charge is 2.25. The van der Waals surface area contributed by atoms with Gasteiger partial charge in [0.1, 0.15) is 12.1 Å². The molecule has 1 aromatic rings. The van der Waals surface area contributed by atoms with Gasteiger partial charge in [-0.1, -0.05) is 50.1 Å². The van der Waals surface area contributed by atoms with E-state index in [1.165, 1.54) is 0 Å². The number of rotatable bonds is 11. The Bertz CT molecular complexity index is 506. The van der Waals surface area contributed by atoms with Crippen LogP contribution in [0.4, 0.5) is 0 Å². The molecule has 23 heavy (non-hydrogen) atoms. The normalized spacial score (nSPS) is 12.9. The largest absolute Gasteiger partial charge is 0.480 e. The van der Waals surface area contributed by atoms with E-state index < -0.39 is 24.0 Å². The van der Waals surface area contributed by atoms with Crippen molar-refractivity contribution in [2.24, 2.45) is 0 Å². The lowest BCUT2D eigenvalue weighted by atomic mass is 10.0. The molecule has 0 saturated carbocycles. The van der Waals surface area contributed by atoms with E-state index in [9.17, 15) is 19.5 Å². The maximum Gasteiger partial charge on any atom is 0.326 e. The number of aliphatic carboxylic acids is 1. The van der Waals surface area contributed by atoms with Gasteiger partial charge in [0.2, 0.25) is 5.91 Å². The van der Waals surface area contributed by atoms with Crippen molar-refractivity contribution in [2.75, 3.05) is 0 Å². The van der Waals surface area contributed by atoms with E-state index in [1.807, 2.05) is 13.0 Å². The molecular formula is C16H22N2O5. The zero-order valence-electron chi connectivity index (χ0n) is 13.0. The highest BCUT2D eigenvalue weighted by molar-refractivity contribution is 5.87. The van der Waals surface area contributed by atoms with Crippen LogP contribution >= 0.6 is 0 Å². The maximum absolute atomic E-state index is 12.2. The van der Waals surface area contributed by atoms with Gasteiger partial charge in [-0.05, 0) is 12.0 Å². The SMILES string of the molecule is CCCCC(NOC=O)C(=O)NC(Cc1ccccc1)C(=O)O. The first kappa shape index (κ1) is 18.6. The summed E-state index contributed by atoms with van der Waals surface area (Å²) in [6.07, 6.45) is 2.22. The number of hydroxylamine groups is 1. The van der Waals surface area contributed by atoms with Crippen LogP contribution in [0.1, 0.15) is 31.7 Å². The van der Waals surface area contributed by atoms with Gasteiger partial charge in [0.15, 0.2) is 0 Å². The maximum atomic E-state index is 12.2. The van der Waals surface area contributed by atoms with Crippen molar-refractivity contribution >= 4 is 18.3 Å². The topological polar surface area (TPSA) is 105 Å². The third-order valence-electron chi connectivity index (χ3n) is 3.32. The lowest BCUT2D eigenvalue weighted by Crippen LogP contribution is -2.50. The van der Waals surface area contributed by atoms with Crippen molar-refractivity contribution in [2.45, 2.75) is 44.7 Å².